The minimum Gasteiger partial charge on any atom is -0.497 e. The molecular weight excluding hydrogens is 348 g/mol. The topological polar surface area (TPSA) is 107 Å². The lowest BCUT2D eigenvalue weighted by molar-refractivity contribution is 0.0600. The number of hydrogen-bond donors (Lipinski definition) is 4. The van der Waals surface area contributed by atoms with Gasteiger partial charge in [0.2, 0.25) is 0 Å². The minimum atomic E-state index is -0.465. The summed E-state index contributed by atoms with van der Waals surface area (Å²) >= 11 is 0. The zero-order chi connectivity index (χ0) is 19.8. The van der Waals surface area contributed by atoms with Crippen molar-refractivity contribution in [3.05, 3.63) is 41.2 Å². The van der Waals surface area contributed by atoms with Crippen LogP contribution < -0.4 is 26.6 Å². The van der Waals surface area contributed by atoms with E-state index in [9.17, 15) is 4.79 Å². The molecule has 0 aromatic heterocycles. The lowest BCUT2D eigenvalue weighted by Crippen LogP contribution is -2.45. The van der Waals surface area contributed by atoms with Crippen LogP contribution in [-0.2, 0) is 16.0 Å². The Morgan fingerprint density at radius 2 is 1.81 bits per heavy atom. The van der Waals surface area contributed by atoms with Crippen LogP contribution in [0.5, 0.6) is 5.75 Å². The Kier molecular flexibility index (Phi) is 7.75. The summed E-state index contributed by atoms with van der Waals surface area (Å²) in [7, 11) is 3.29. The second-order valence-electron chi connectivity index (χ2n) is 6.67. The standard InChI is InChI=1S/C19H30N4O4/c1-12(2)22-19(24)27-16-10-9-15(26-4)17(18(16)23-20)21-11-13-5-7-14(25-3)8-6-13/h5-8,12,15-16,21,23H,9-11,20H2,1-4H3,(H,22,24)/t15?,16-/m1/s1. The fourth-order valence-electron chi connectivity index (χ4n) is 3.01. The number of ether oxygens (including phenoxy) is 3. The lowest BCUT2D eigenvalue weighted by Gasteiger charge is -2.33. The largest absolute Gasteiger partial charge is 0.497 e. The van der Waals surface area contributed by atoms with Gasteiger partial charge in [0.25, 0.3) is 0 Å². The van der Waals surface area contributed by atoms with Gasteiger partial charge in [-0.2, -0.15) is 0 Å². The highest BCUT2D eigenvalue weighted by molar-refractivity contribution is 5.68. The molecule has 1 amide bonds. The Hall–Kier alpha value is -2.45. The van der Waals surface area contributed by atoms with E-state index in [1.165, 1.54) is 0 Å². The average molecular weight is 378 g/mol. The molecule has 0 bridgehead atoms. The Morgan fingerprint density at radius 3 is 2.37 bits per heavy atom. The highest BCUT2D eigenvalue weighted by Gasteiger charge is 2.32. The Labute approximate surface area is 160 Å². The SMILES string of the molecule is COc1ccc(CNC2=C(NN)[C@H](OC(=O)NC(C)C)CCC2OC)cc1. The van der Waals surface area contributed by atoms with Crippen molar-refractivity contribution in [2.45, 2.75) is 51.5 Å². The number of carbonyl (C=O) groups is 1. The van der Waals surface area contributed by atoms with E-state index in [1.54, 1.807) is 14.2 Å². The number of amides is 1. The first kappa shape index (κ1) is 20.9. The lowest BCUT2D eigenvalue weighted by atomic mass is 9.95. The minimum absolute atomic E-state index is 0.00116. The van der Waals surface area contributed by atoms with Crippen LogP contribution >= 0.6 is 0 Å². The molecule has 1 unspecified atom stereocenters. The third kappa shape index (κ3) is 5.77. The zero-order valence-electron chi connectivity index (χ0n) is 16.4. The van der Waals surface area contributed by atoms with Gasteiger partial charge in [0.15, 0.2) is 0 Å². The van der Waals surface area contributed by atoms with Crippen molar-refractivity contribution in [3.8, 4) is 5.75 Å². The van der Waals surface area contributed by atoms with Crippen LogP contribution in [0.4, 0.5) is 4.79 Å². The molecule has 0 saturated heterocycles. The van der Waals surface area contributed by atoms with E-state index in [1.807, 2.05) is 38.1 Å². The molecule has 0 saturated carbocycles. The van der Waals surface area contributed by atoms with Gasteiger partial charge in [-0.15, -0.1) is 0 Å². The molecule has 8 nitrogen and oxygen atoms in total. The summed E-state index contributed by atoms with van der Waals surface area (Å²) in [6.45, 7) is 4.33. The Bertz CT molecular complexity index is 646. The van der Waals surface area contributed by atoms with Crippen LogP contribution in [0.3, 0.4) is 0 Å². The molecule has 0 spiro atoms. The first-order valence-electron chi connectivity index (χ1n) is 9.05. The summed E-state index contributed by atoms with van der Waals surface area (Å²) in [4.78, 5) is 12.0. The molecule has 1 aromatic carbocycles. The van der Waals surface area contributed by atoms with Crippen molar-refractivity contribution in [2.75, 3.05) is 14.2 Å². The first-order chi connectivity index (χ1) is 13.0. The number of nitrogens with one attached hydrogen (secondary N) is 3. The van der Waals surface area contributed by atoms with E-state index in [4.69, 9.17) is 20.1 Å². The van der Waals surface area contributed by atoms with E-state index in [-0.39, 0.29) is 12.1 Å². The fraction of sp³-hybridized carbons (Fsp3) is 0.526. The molecule has 1 aliphatic carbocycles. The monoisotopic (exact) mass is 378 g/mol. The third-order valence-electron chi connectivity index (χ3n) is 4.36. The highest BCUT2D eigenvalue weighted by atomic mass is 16.6. The molecule has 1 aliphatic rings. The van der Waals surface area contributed by atoms with Gasteiger partial charge in [-0.1, -0.05) is 12.1 Å². The maximum absolute atomic E-state index is 12.0. The fourth-order valence-corrected chi connectivity index (χ4v) is 3.01. The summed E-state index contributed by atoms with van der Waals surface area (Å²) in [5.41, 5.74) is 5.19. The average Bonchev–Trinajstić information content (AvgIpc) is 2.66. The van der Waals surface area contributed by atoms with Crippen LogP contribution in [0.25, 0.3) is 0 Å². The van der Waals surface area contributed by atoms with E-state index >= 15 is 0 Å². The maximum Gasteiger partial charge on any atom is 0.407 e. The molecule has 8 heteroatoms. The molecule has 5 N–H and O–H groups in total. The zero-order valence-corrected chi connectivity index (χ0v) is 16.4. The van der Waals surface area contributed by atoms with Crippen molar-refractivity contribution in [1.29, 1.82) is 0 Å². The molecule has 27 heavy (non-hydrogen) atoms. The molecule has 150 valence electrons. The molecule has 2 rings (SSSR count). The highest BCUT2D eigenvalue weighted by Crippen LogP contribution is 2.27. The molecule has 0 radical (unpaired) electrons. The number of benzene rings is 1. The predicted molar refractivity (Wildman–Crippen MR) is 103 cm³/mol. The van der Waals surface area contributed by atoms with Gasteiger partial charge in [-0.25, -0.2) is 4.79 Å². The second kappa shape index (κ2) is 10.0. The van der Waals surface area contributed by atoms with Crippen LogP contribution in [0.15, 0.2) is 35.7 Å². The molecule has 0 fully saturated rings. The van der Waals surface area contributed by atoms with Gasteiger partial charge < -0.3 is 30.3 Å². The number of carbonyl (C=O) groups excluding carboxylic acids is 1. The Balaban J connectivity index is 2.14. The van der Waals surface area contributed by atoms with Crippen molar-refractivity contribution in [1.82, 2.24) is 16.1 Å². The van der Waals surface area contributed by atoms with Gasteiger partial charge in [0.1, 0.15) is 11.9 Å². The number of hydrazine groups is 1. The molecule has 1 aromatic rings. The number of alkyl carbamates (subject to hydrolysis) is 1. The molecule has 0 aliphatic heterocycles. The normalized spacial score (nSPS) is 19.6. The van der Waals surface area contributed by atoms with Crippen LogP contribution in [0, 0.1) is 0 Å². The van der Waals surface area contributed by atoms with E-state index in [2.05, 4.69) is 16.1 Å². The van der Waals surface area contributed by atoms with Gasteiger partial charge in [-0.05, 0) is 44.4 Å². The van der Waals surface area contributed by atoms with Crippen LogP contribution in [0.2, 0.25) is 0 Å². The maximum atomic E-state index is 12.0. The van der Waals surface area contributed by atoms with Gasteiger partial charge >= 0.3 is 6.09 Å². The third-order valence-corrected chi connectivity index (χ3v) is 4.36. The first-order valence-corrected chi connectivity index (χ1v) is 9.05. The van der Waals surface area contributed by atoms with E-state index < -0.39 is 12.2 Å². The summed E-state index contributed by atoms with van der Waals surface area (Å²) in [5, 5.41) is 6.11. The summed E-state index contributed by atoms with van der Waals surface area (Å²) in [6.07, 6.45) is 0.262. The van der Waals surface area contributed by atoms with Crippen molar-refractivity contribution in [3.63, 3.8) is 0 Å². The number of methoxy groups -OCH3 is 2. The predicted octanol–water partition coefficient (Wildman–Crippen LogP) is 1.77. The Morgan fingerprint density at radius 1 is 1.15 bits per heavy atom. The smallest absolute Gasteiger partial charge is 0.407 e. The molecular formula is C19H30N4O4. The summed E-state index contributed by atoms with van der Waals surface area (Å²) in [5.74, 6) is 6.56. The van der Waals surface area contributed by atoms with Crippen LogP contribution in [-0.4, -0.2) is 38.6 Å². The molecule has 2 atom stereocenters. The van der Waals surface area contributed by atoms with E-state index in [0.29, 0.717) is 25.1 Å². The molecule has 0 heterocycles. The summed E-state index contributed by atoms with van der Waals surface area (Å²) in [6, 6.07) is 7.78. The summed E-state index contributed by atoms with van der Waals surface area (Å²) < 4.78 is 16.3. The van der Waals surface area contributed by atoms with Gasteiger partial charge in [0.05, 0.1) is 24.6 Å². The number of nitrogens with two attached hydrogens (primary N) is 1. The van der Waals surface area contributed by atoms with Crippen molar-refractivity contribution < 1.29 is 19.0 Å². The van der Waals surface area contributed by atoms with Gasteiger partial charge in [0, 0.05) is 19.7 Å². The van der Waals surface area contributed by atoms with E-state index in [0.717, 1.165) is 17.0 Å². The number of rotatable bonds is 8. The second-order valence-corrected chi connectivity index (χ2v) is 6.67. The van der Waals surface area contributed by atoms with Crippen molar-refractivity contribution >= 4 is 6.09 Å². The van der Waals surface area contributed by atoms with Crippen molar-refractivity contribution in [2.24, 2.45) is 5.84 Å². The quantitative estimate of drug-likeness (QED) is 0.403. The van der Waals surface area contributed by atoms with Crippen LogP contribution in [0.1, 0.15) is 32.3 Å². The number of hydrogen-bond acceptors (Lipinski definition) is 7. The van der Waals surface area contributed by atoms with Gasteiger partial charge in [-0.3, -0.25) is 5.84 Å².